The maximum atomic E-state index is 12.1. The first kappa shape index (κ1) is 25.7. The molecule has 9 nitrogen and oxygen atoms in total. The van der Waals surface area contributed by atoms with E-state index < -0.39 is 11.3 Å². The van der Waals surface area contributed by atoms with E-state index in [-0.39, 0.29) is 18.4 Å². The van der Waals surface area contributed by atoms with Crippen molar-refractivity contribution in [2.45, 2.75) is 52.2 Å². The highest BCUT2D eigenvalue weighted by molar-refractivity contribution is 6.01. The summed E-state index contributed by atoms with van der Waals surface area (Å²) in [5, 5.41) is 14.6. The summed E-state index contributed by atoms with van der Waals surface area (Å²) < 4.78 is 6.09. The smallest absolute Gasteiger partial charge is 0.244 e. The van der Waals surface area contributed by atoms with Crippen LogP contribution in [0.25, 0.3) is 10.9 Å². The molecule has 3 heterocycles. The van der Waals surface area contributed by atoms with Crippen molar-refractivity contribution in [3.63, 3.8) is 0 Å². The van der Waals surface area contributed by atoms with Crippen molar-refractivity contribution in [3.8, 4) is 5.75 Å². The minimum atomic E-state index is -0.515. The van der Waals surface area contributed by atoms with Gasteiger partial charge in [-0.3, -0.25) is 19.8 Å². The molecule has 2 N–H and O–H groups in total. The standard InChI is InChI=1S/C29H32N4O5/c1-19-15-22(24-5-3-4-6-25(24)30-19)18-37-23-9-7-21(8-10-23)26-16-27(38-32-26)29(17-28(35)31-36)11-13-33(14-12-29)20(2)34/h3-10,15,27,36H,11-14,16-18H2,1-2H3,(H,31,35). The molecule has 1 unspecified atom stereocenters. The summed E-state index contributed by atoms with van der Waals surface area (Å²) in [6, 6.07) is 17.9. The highest BCUT2D eigenvalue weighted by Gasteiger charge is 2.47. The molecule has 2 aliphatic heterocycles. The molecule has 0 radical (unpaired) electrons. The third kappa shape index (κ3) is 5.33. The molecule has 9 heteroatoms. The van der Waals surface area contributed by atoms with Crippen LogP contribution in [0.5, 0.6) is 5.75 Å². The van der Waals surface area contributed by atoms with Crippen LogP contribution in [-0.4, -0.2) is 51.8 Å². The van der Waals surface area contributed by atoms with Crippen LogP contribution in [0.2, 0.25) is 0 Å². The summed E-state index contributed by atoms with van der Waals surface area (Å²) in [7, 11) is 0. The number of oxime groups is 1. The lowest BCUT2D eigenvalue weighted by Gasteiger charge is -2.43. The van der Waals surface area contributed by atoms with Gasteiger partial charge in [-0.25, -0.2) is 5.48 Å². The zero-order chi connectivity index (χ0) is 26.7. The number of carbonyl (C=O) groups is 2. The Labute approximate surface area is 221 Å². The minimum Gasteiger partial charge on any atom is -0.489 e. The van der Waals surface area contributed by atoms with E-state index in [0.29, 0.717) is 39.0 Å². The molecule has 198 valence electrons. The molecule has 1 saturated heterocycles. The molecule has 2 aromatic carbocycles. The molecule has 2 aliphatic rings. The predicted octanol–water partition coefficient (Wildman–Crippen LogP) is 4.14. The second-order valence-corrected chi connectivity index (χ2v) is 10.2. The first-order chi connectivity index (χ1) is 18.4. The zero-order valence-electron chi connectivity index (χ0n) is 21.6. The van der Waals surface area contributed by atoms with E-state index in [9.17, 15) is 9.59 Å². The van der Waals surface area contributed by atoms with E-state index in [1.165, 1.54) is 0 Å². The lowest BCUT2D eigenvalue weighted by atomic mass is 9.69. The van der Waals surface area contributed by atoms with Gasteiger partial charge in [-0.1, -0.05) is 23.4 Å². The first-order valence-corrected chi connectivity index (χ1v) is 12.9. The number of nitrogens with zero attached hydrogens (tertiary/aromatic N) is 3. The number of hydrogen-bond donors (Lipinski definition) is 2. The van der Waals surface area contributed by atoms with Gasteiger partial charge in [0.25, 0.3) is 0 Å². The Morgan fingerprint density at radius 2 is 1.89 bits per heavy atom. The molecular weight excluding hydrogens is 484 g/mol. The van der Waals surface area contributed by atoms with E-state index in [1.807, 2.05) is 49.4 Å². The number of hydroxylamine groups is 1. The quantitative estimate of drug-likeness (QED) is 0.361. The van der Waals surface area contributed by atoms with Gasteiger partial charge < -0.3 is 14.5 Å². The van der Waals surface area contributed by atoms with Gasteiger partial charge in [-0.15, -0.1) is 0 Å². The monoisotopic (exact) mass is 516 g/mol. The van der Waals surface area contributed by atoms with E-state index in [1.54, 1.807) is 17.3 Å². The SMILES string of the molecule is CC(=O)N1CCC(CC(=O)NO)(C2CC(c3ccc(OCc4cc(C)nc5ccccc45)cc3)=NO2)CC1. The molecule has 2 amide bonds. The van der Waals surface area contributed by atoms with Gasteiger partial charge in [0, 0.05) is 54.9 Å². The highest BCUT2D eigenvalue weighted by atomic mass is 16.6. The number of benzene rings is 2. The van der Waals surface area contributed by atoms with Gasteiger partial charge in [0.1, 0.15) is 18.5 Å². The Morgan fingerprint density at radius 3 is 2.61 bits per heavy atom. The van der Waals surface area contributed by atoms with Crippen molar-refractivity contribution in [1.82, 2.24) is 15.4 Å². The number of likely N-dealkylation sites (tertiary alicyclic amines) is 1. The van der Waals surface area contributed by atoms with Gasteiger partial charge in [-0.05, 0) is 61.7 Å². The summed E-state index contributed by atoms with van der Waals surface area (Å²) in [5.74, 6) is 0.303. The maximum absolute atomic E-state index is 12.1. The zero-order valence-corrected chi connectivity index (χ0v) is 21.6. The molecule has 0 bridgehead atoms. The van der Waals surface area contributed by atoms with Crippen molar-refractivity contribution < 1.29 is 24.4 Å². The lowest BCUT2D eigenvalue weighted by molar-refractivity contribution is -0.140. The summed E-state index contributed by atoms with van der Waals surface area (Å²) in [6.45, 7) is 5.05. The molecule has 0 spiro atoms. The van der Waals surface area contributed by atoms with Crippen LogP contribution in [0.4, 0.5) is 0 Å². The largest absolute Gasteiger partial charge is 0.489 e. The van der Waals surface area contributed by atoms with E-state index in [4.69, 9.17) is 14.8 Å². The average molecular weight is 517 g/mol. The fourth-order valence-corrected chi connectivity index (χ4v) is 5.53. The molecule has 1 aromatic heterocycles. The highest BCUT2D eigenvalue weighted by Crippen LogP contribution is 2.43. The number of aryl methyl sites for hydroxylation is 1. The fraction of sp³-hybridized carbons (Fsp3) is 0.379. The van der Waals surface area contributed by atoms with Crippen molar-refractivity contribution in [1.29, 1.82) is 0 Å². The van der Waals surface area contributed by atoms with Gasteiger partial charge in [0.15, 0.2) is 0 Å². The summed E-state index contributed by atoms with van der Waals surface area (Å²) in [4.78, 5) is 36.2. The van der Waals surface area contributed by atoms with Crippen LogP contribution < -0.4 is 10.2 Å². The van der Waals surface area contributed by atoms with Gasteiger partial charge in [0.2, 0.25) is 11.8 Å². The number of piperidine rings is 1. The van der Waals surface area contributed by atoms with E-state index >= 15 is 0 Å². The molecule has 0 saturated carbocycles. The van der Waals surface area contributed by atoms with Crippen molar-refractivity contribution >= 4 is 28.4 Å². The number of aromatic nitrogens is 1. The first-order valence-electron chi connectivity index (χ1n) is 12.9. The van der Waals surface area contributed by atoms with Crippen molar-refractivity contribution in [3.05, 3.63) is 71.4 Å². The van der Waals surface area contributed by atoms with Gasteiger partial charge in [-0.2, -0.15) is 0 Å². The topological polar surface area (TPSA) is 113 Å². The molecular formula is C29H32N4O5. The van der Waals surface area contributed by atoms with Crippen LogP contribution in [0.3, 0.4) is 0 Å². The van der Waals surface area contributed by atoms with E-state index in [0.717, 1.165) is 39.2 Å². The van der Waals surface area contributed by atoms with Crippen LogP contribution in [-0.2, 0) is 21.0 Å². The summed E-state index contributed by atoms with van der Waals surface area (Å²) >= 11 is 0. The number of carbonyl (C=O) groups excluding carboxylic acids is 2. The Bertz CT molecular complexity index is 1360. The normalized spacial score (nSPS) is 18.6. The van der Waals surface area contributed by atoms with Gasteiger partial charge >= 0.3 is 0 Å². The number of fused-ring (bicyclic) bond motifs is 1. The van der Waals surface area contributed by atoms with Crippen LogP contribution in [0.1, 0.15) is 49.4 Å². The summed E-state index contributed by atoms with van der Waals surface area (Å²) in [5.41, 5.74) is 5.95. The number of pyridine rings is 1. The number of ether oxygens (including phenoxy) is 1. The number of amides is 2. The molecule has 5 rings (SSSR count). The number of nitrogens with one attached hydrogen (secondary N) is 1. The molecule has 38 heavy (non-hydrogen) atoms. The molecule has 0 aliphatic carbocycles. The predicted molar refractivity (Wildman–Crippen MR) is 142 cm³/mol. The van der Waals surface area contributed by atoms with Crippen molar-refractivity contribution in [2.75, 3.05) is 13.1 Å². The summed E-state index contributed by atoms with van der Waals surface area (Å²) in [6.07, 6.45) is 1.54. The Morgan fingerprint density at radius 1 is 1.16 bits per heavy atom. The third-order valence-corrected chi connectivity index (χ3v) is 7.71. The second-order valence-electron chi connectivity index (χ2n) is 10.2. The number of para-hydroxylation sites is 1. The van der Waals surface area contributed by atoms with Crippen molar-refractivity contribution in [2.24, 2.45) is 10.6 Å². The molecule has 1 fully saturated rings. The third-order valence-electron chi connectivity index (χ3n) is 7.71. The van der Waals surface area contributed by atoms with E-state index in [2.05, 4.69) is 22.3 Å². The van der Waals surface area contributed by atoms with Crippen LogP contribution in [0.15, 0.2) is 59.8 Å². The van der Waals surface area contributed by atoms with Gasteiger partial charge in [0.05, 0.1) is 11.2 Å². The second kappa shape index (κ2) is 10.8. The average Bonchev–Trinajstić information content (AvgIpc) is 3.43. The lowest BCUT2D eigenvalue weighted by Crippen LogP contribution is -2.49. The fourth-order valence-electron chi connectivity index (χ4n) is 5.53. The number of hydrogen-bond acceptors (Lipinski definition) is 7. The Hall–Kier alpha value is -3.98. The Balaban J connectivity index is 1.24. The number of rotatable bonds is 7. The Kier molecular flexibility index (Phi) is 7.28. The molecule has 1 atom stereocenters. The molecule has 3 aromatic rings. The minimum absolute atomic E-state index is 0.0176. The van der Waals surface area contributed by atoms with Crippen LogP contribution in [0, 0.1) is 12.3 Å². The maximum Gasteiger partial charge on any atom is 0.244 e. The van der Waals surface area contributed by atoms with Crippen LogP contribution >= 0.6 is 0 Å².